The van der Waals surface area contributed by atoms with Gasteiger partial charge in [-0.25, -0.2) is 0 Å². The zero-order valence-electron chi connectivity index (χ0n) is 15.1. The standard InChI is InChI=1S/C18H26N2O5/c1-23-11-6-17(21)19-7-9-20(10-8-19)18(22)13-14-4-5-15(24-2)16(12-14)25-3/h4-5,12H,6-11,13H2,1-3H3. The van der Waals surface area contributed by atoms with Crippen molar-refractivity contribution in [1.82, 2.24) is 9.80 Å². The zero-order chi connectivity index (χ0) is 18.2. The third-order valence-electron chi connectivity index (χ3n) is 4.31. The second kappa shape index (κ2) is 9.27. The summed E-state index contributed by atoms with van der Waals surface area (Å²) in [7, 11) is 4.73. The number of piperazine rings is 1. The molecule has 1 heterocycles. The molecule has 7 heteroatoms. The maximum Gasteiger partial charge on any atom is 0.227 e. The van der Waals surface area contributed by atoms with Crippen LogP contribution >= 0.6 is 0 Å². The molecule has 25 heavy (non-hydrogen) atoms. The maximum absolute atomic E-state index is 12.5. The van der Waals surface area contributed by atoms with E-state index < -0.39 is 0 Å². The molecule has 1 aliphatic rings. The van der Waals surface area contributed by atoms with E-state index in [2.05, 4.69) is 0 Å². The van der Waals surface area contributed by atoms with Crippen LogP contribution in [0.3, 0.4) is 0 Å². The summed E-state index contributed by atoms with van der Waals surface area (Å²) in [6, 6.07) is 5.49. The highest BCUT2D eigenvalue weighted by molar-refractivity contribution is 5.80. The van der Waals surface area contributed by atoms with Gasteiger partial charge in [-0.05, 0) is 17.7 Å². The van der Waals surface area contributed by atoms with Crippen molar-refractivity contribution in [2.75, 3.05) is 54.1 Å². The molecule has 1 saturated heterocycles. The Morgan fingerprint density at radius 1 is 0.920 bits per heavy atom. The van der Waals surface area contributed by atoms with Gasteiger partial charge in [0.25, 0.3) is 0 Å². The average Bonchev–Trinajstić information content (AvgIpc) is 2.66. The van der Waals surface area contributed by atoms with Crippen molar-refractivity contribution < 1.29 is 23.8 Å². The molecule has 1 aromatic rings. The number of carbonyl (C=O) groups excluding carboxylic acids is 2. The zero-order valence-corrected chi connectivity index (χ0v) is 15.1. The minimum absolute atomic E-state index is 0.0520. The molecule has 0 atom stereocenters. The molecule has 0 saturated carbocycles. The lowest BCUT2D eigenvalue weighted by atomic mass is 10.1. The summed E-state index contributed by atoms with van der Waals surface area (Å²) in [4.78, 5) is 28.1. The maximum atomic E-state index is 12.5. The van der Waals surface area contributed by atoms with Crippen LogP contribution in [-0.2, 0) is 20.7 Å². The van der Waals surface area contributed by atoms with Crippen molar-refractivity contribution in [2.45, 2.75) is 12.8 Å². The summed E-state index contributed by atoms with van der Waals surface area (Å²) in [6.07, 6.45) is 0.689. The van der Waals surface area contributed by atoms with Crippen LogP contribution in [0.25, 0.3) is 0 Å². The molecular formula is C18H26N2O5. The van der Waals surface area contributed by atoms with Gasteiger partial charge in [-0.3, -0.25) is 9.59 Å². The van der Waals surface area contributed by atoms with E-state index in [9.17, 15) is 9.59 Å². The van der Waals surface area contributed by atoms with E-state index in [0.29, 0.717) is 57.1 Å². The van der Waals surface area contributed by atoms with E-state index in [1.807, 2.05) is 12.1 Å². The van der Waals surface area contributed by atoms with Crippen LogP contribution in [-0.4, -0.2) is 75.7 Å². The Bertz CT molecular complexity index is 597. The Kier molecular flexibility index (Phi) is 7.06. The van der Waals surface area contributed by atoms with Crippen LogP contribution in [0.4, 0.5) is 0 Å². The number of amides is 2. The van der Waals surface area contributed by atoms with Crippen molar-refractivity contribution in [1.29, 1.82) is 0 Å². The van der Waals surface area contributed by atoms with Gasteiger partial charge in [-0.2, -0.15) is 0 Å². The number of methoxy groups -OCH3 is 3. The smallest absolute Gasteiger partial charge is 0.227 e. The lowest BCUT2D eigenvalue weighted by Gasteiger charge is -2.35. The van der Waals surface area contributed by atoms with Gasteiger partial charge in [-0.1, -0.05) is 6.07 Å². The Labute approximate surface area is 148 Å². The normalized spacial score (nSPS) is 14.4. The fourth-order valence-electron chi connectivity index (χ4n) is 2.83. The number of ether oxygens (including phenoxy) is 3. The van der Waals surface area contributed by atoms with Gasteiger partial charge in [0, 0.05) is 33.3 Å². The molecule has 0 N–H and O–H groups in total. The summed E-state index contributed by atoms with van der Waals surface area (Å²) in [5, 5.41) is 0. The van der Waals surface area contributed by atoms with Crippen molar-refractivity contribution >= 4 is 11.8 Å². The minimum Gasteiger partial charge on any atom is -0.493 e. The van der Waals surface area contributed by atoms with E-state index in [4.69, 9.17) is 14.2 Å². The molecule has 2 amide bonds. The van der Waals surface area contributed by atoms with Crippen molar-refractivity contribution in [3.05, 3.63) is 23.8 Å². The highest BCUT2D eigenvalue weighted by Gasteiger charge is 2.24. The molecule has 2 rings (SSSR count). The molecule has 0 aliphatic carbocycles. The first-order valence-electron chi connectivity index (χ1n) is 8.34. The minimum atomic E-state index is 0.0520. The van der Waals surface area contributed by atoms with Gasteiger partial charge < -0.3 is 24.0 Å². The summed E-state index contributed by atoms with van der Waals surface area (Å²) < 4.78 is 15.4. The molecule has 0 bridgehead atoms. The molecule has 0 radical (unpaired) electrons. The van der Waals surface area contributed by atoms with Gasteiger partial charge >= 0.3 is 0 Å². The fraction of sp³-hybridized carbons (Fsp3) is 0.556. The summed E-state index contributed by atoms with van der Waals surface area (Å²) in [6.45, 7) is 2.69. The number of benzene rings is 1. The van der Waals surface area contributed by atoms with Crippen LogP contribution in [0.2, 0.25) is 0 Å². The van der Waals surface area contributed by atoms with Crippen molar-refractivity contribution in [3.63, 3.8) is 0 Å². The van der Waals surface area contributed by atoms with Crippen molar-refractivity contribution in [2.24, 2.45) is 0 Å². The Hall–Kier alpha value is -2.28. The first-order chi connectivity index (χ1) is 12.1. The molecule has 0 aromatic heterocycles. The van der Waals surface area contributed by atoms with Gasteiger partial charge in [-0.15, -0.1) is 0 Å². The molecule has 138 valence electrons. The largest absolute Gasteiger partial charge is 0.493 e. The quantitative estimate of drug-likeness (QED) is 0.732. The predicted octanol–water partition coefficient (Wildman–Crippen LogP) is 0.954. The number of nitrogens with zero attached hydrogens (tertiary/aromatic N) is 2. The number of rotatable bonds is 7. The molecular weight excluding hydrogens is 324 g/mol. The molecule has 1 fully saturated rings. The number of carbonyl (C=O) groups is 2. The van der Waals surface area contributed by atoms with E-state index in [0.717, 1.165) is 5.56 Å². The van der Waals surface area contributed by atoms with Crippen LogP contribution in [0, 0.1) is 0 Å². The first-order valence-corrected chi connectivity index (χ1v) is 8.34. The highest BCUT2D eigenvalue weighted by Crippen LogP contribution is 2.27. The first kappa shape index (κ1) is 19.1. The Morgan fingerprint density at radius 3 is 2.08 bits per heavy atom. The Morgan fingerprint density at radius 2 is 1.52 bits per heavy atom. The van der Waals surface area contributed by atoms with Gasteiger partial charge in [0.05, 0.1) is 33.7 Å². The van der Waals surface area contributed by atoms with Crippen LogP contribution < -0.4 is 9.47 Å². The second-order valence-electron chi connectivity index (χ2n) is 5.87. The second-order valence-corrected chi connectivity index (χ2v) is 5.87. The monoisotopic (exact) mass is 350 g/mol. The van der Waals surface area contributed by atoms with Crippen LogP contribution in [0.5, 0.6) is 11.5 Å². The van der Waals surface area contributed by atoms with Gasteiger partial charge in [0.1, 0.15) is 0 Å². The molecule has 1 aromatic carbocycles. The van der Waals surface area contributed by atoms with Gasteiger partial charge in [0.15, 0.2) is 11.5 Å². The van der Waals surface area contributed by atoms with Gasteiger partial charge in [0.2, 0.25) is 11.8 Å². The number of hydrogen-bond acceptors (Lipinski definition) is 5. The lowest BCUT2D eigenvalue weighted by molar-refractivity contribution is -0.139. The topological polar surface area (TPSA) is 68.3 Å². The molecule has 1 aliphatic heterocycles. The summed E-state index contributed by atoms with van der Waals surface area (Å²) in [5.74, 6) is 1.38. The molecule has 0 spiro atoms. The lowest BCUT2D eigenvalue weighted by Crippen LogP contribution is -2.51. The van der Waals surface area contributed by atoms with E-state index >= 15 is 0 Å². The molecule has 0 unspecified atom stereocenters. The SMILES string of the molecule is COCCC(=O)N1CCN(C(=O)Cc2ccc(OC)c(OC)c2)CC1. The van der Waals surface area contributed by atoms with Crippen LogP contribution in [0.15, 0.2) is 18.2 Å². The third kappa shape index (κ3) is 5.09. The van der Waals surface area contributed by atoms with Crippen LogP contribution in [0.1, 0.15) is 12.0 Å². The predicted molar refractivity (Wildman–Crippen MR) is 92.9 cm³/mol. The fourth-order valence-corrected chi connectivity index (χ4v) is 2.83. The Balaban J connectivity index is 1.87. The van der Waals surface area contributed by atoms with Crippen molar-refractivity contribution in [3.8, 4) is 11.5 Å². The number of hydrogen-bond donors (Lipinski definition) is 0. The summed E-state index contributed by atoms with van der Waals surface area (Å²) in [5.41, 5.74) is 0.876. The third-order valence-corrected chi connectivity index (χ3v) is 4.31. The summed E-state index contributed by atoms with van der Waals surface area (Å²) >= 11 is 0. The highest BCUT2D eigenvalue weighted by atomic mass is 16.5. The van der Waals surface area contributed by atoms with E-state index in [1.165, 1.54) is 0 Å². The van der Waals surface area contributed by atoms with E-state index in [-0.39, 0.29) is 11.8 Å². The average molecular weight is 350 g/mol. The van der Waals surface area contributed by atoms with E-state index in [1.54, 1.807) is 37.2 Å². The molecule has 7 nitrogen and oxygen atoms in total.